The van der Waals surface area contributed by atoms with Crippen molar-refractivity contribution in [2.75, 3.05) is 18.9 Å². The van der Waals surface area contributed by atoms with Crippen LogP contribution in [0.3, 0.4) is 0 Å². The molecule has 0 fully saturated rings. The summed E-state index contributed by atoms with van der Waals surface area (Å²) in [6.45, 7) is -0.124. The number of fused-ring (bicyclic) bond motifs is 1. The Morgan fingerprint density at radius 1 is 1.22 bits per heavy atom. The minimum absolute atomic E-state index is 0.124. The van der Waals surface area contributed by atoms with Crippen LogP contribution >= 0.6 is 0 Å². The summed E-state index contributed by atoms with van der Waals surface area (Å²) in [7, 11) is 1.51. The molecule has 0 aliphatic heterocycles. The monoisotopic (exact) mass is 314 g/mol. The number of aromatic nitrogens is 2. The number of hydrogen-bond donors (Lipinski definition) is 3. The van der Waals surface area contributed by atoms with Crippen LogP contribution in [0.15, 0.2) is 45.8 Å². The van der Waals surface area contributed by atoms with Gasteiger partial charge in [-0.15, -0.1) is 0 Å². The van der Waals surface area contributed by atoms with E-state index in [1.165, 1.54) is 24.3 Å². The average Bonchev–Trinajstić information content (AvgIpc) is 3.14. The van der Waals surface area contributed by atoms with Crippen molar-refractivity contribution in [1.82, 2.24) is 14.9 Å². The maximum absolute atomic E-state index is 12.0. The highest BCUT2D eigenvalue weighted by molar-refractivity contribution is 5.98. The number of nitrogens with one attached hydrogen (secondary N) is 3. The van der Waals surface area contributed by atoms with E-state index in [0.717, 1.165) is 0 Å². The number of carbonyl (C=O) groups is 2. The third-order valence-corrected chi connectivity index (χ3v) is 3.26. The molecule has 0 aliphatic rings. The van der Waals surface area contributed by atoms with Crippen LogP contribution in [0.25, 0.3) is 11.0 Å². The topological polar surface area (TPSA) is 111 Å². The molecule has 0 radical (unpaired) electrons. The van der Waals surface area contributed by atoms with Gasteiger partial charge in [-0.1, -0.05) is 0 Å². The van der Waals surface area contributed by atoms with E-state index in [-0.39, 0.29) is 29.8 Å². The zero-order valence-corrected chi connectivity index (χ0v) is 12.3. The van der Waals surface area contributed by atoms with Crippen molar-refractivity contribution in [3.63, 3.8) is 0 Å². The first-order chi connectivity index (χ1) is 11.0. The molecule has 0 bridgehead atoms. The molecule has 0 aliphatic carbocycles. The number of furan rings is 1. The largest absolute Gasteiger partial charge is 0.459 e. The maximum atomic E-state index is 12.0. The lowest BCUT2D eigenvalue weighted by Crippen LogP contribution is -2.34. The van der Waals surface area contributed by atoms with Gasteiger partial charge >= 0.3 is 5.69 Å². The number of nitrogens with zero attached hydrogens (tertiary/aromatic N) is 1. The quantitative estimate of drug-likeness (QED) is 0.671. The third-order valence-electron chi connectivity index (χ3n) is 3.26. The molecule has 2 heterocycles. The van der Waals surface area contributed by atoms with E-state index in [4.69, 9.17) is 4.42 Å². The Morgan fingerprint density at radius 2 is 2.00 bits per heavy atom. The summed E-state index contributed by atoms with van der Waals surface area (Å²) in [5.74, 6) is -0.563. The number of hydrogen-bond acceptors (Lipinski definition) is 4. The number of amides is 2. The number of benzene rings is 1. The van der Waals surface area contributed by atoms with Crippen LogP contribution in [0.4, 0.5) is 5.69 Å². The van der Waals surface area contributed by atoms with Gasteiger partial charge in [0.15, 0.2) is 5.76 Å². The zero-order valence-electron chi connectivity index (χ0n) is 12.3. The molecule has 3 N–H and O–H groups in total. The van der Waals surface area contributed by atoms with E-state index in [1.54, 1.807) is 24.3 Å². The number of rotatable bonds is 4. The van der Waals surface area contributed by atoms with Crippen molar-refractivity contribution in [3.05, 3.63) is 52.8 Å². The first-order valence-corrected chi connectivity index (χ1v) is 6.84. The molecule has 23 heavy (non-hydrogen) atoms. The lowest BCUT2D eigenvalue weighted by Gasteiger charge is -2.15. The molecule has 0 spiro atoms. The predicted molar refractivity (Wildman–Crippen MR) is 83.2 cm³/mol. The first kappa shape index (κ1) is 14.6. The number of H-pyrrole nitrogens is 2. The second kappa shape index (κ2) is 5.84. The highest BCUT2D eigenvalue weighted by Crippen LogP contribution is 2.14. The van der Waals surface area contributed by atoms with Crippen LogP contribution in [-0.2, 0) is 4.79 Å². The average molecular weight is 314 g/mol. The minimum Gasteiger partial charge on any atom is -0.459 e. The van der Waals surface area contributed by atoms with E-state index in [9.17, 15) is 14.4 Å². The lowest BCUT2D eigenvalue weighted by molar-refractivity contribution is -0.116. The normalized spacial score (nSPS) is 10.7. The van der Waals surface area contributed by atoms with Crippen LogP contribution < -0.4 is 11.0 Å². The number of imidazole rings is 1. The molecule has 8 nitrogen and oxygen atoms in total. The Kier molecular flexibility index (Phi) is 3.71. The summed E-state index contributed by atoms with van der Waals surface area (Å²) < 4.78 is 5.01. The summed E-state index contributed by atoms with van der Waals surface area (Å²) in [5, 5.41) is 2.68. The second-order valence-electron chi connectivity index (χ2n) is 5.03. The van der Waals surface area contributed by atoms with Gasteiger partial charge < -0.3 is 24.6 Å². The molecular formula is C15H14N4O4. The standard InChI is InChI=1S/C15H14N4O4/c1-19(14(21)12-3-2-6-23-12)8-13(20)16-9-4-5-10-11(7-9)18-15(22)17-10/h2-7H,8H2,1H3,(H,16,20)(H2,17,18,22). The van der Waals surface area contributed by atoms with Gasteiger partial charge in [-0.2, -0.15) is 0 Å². The molecule has 0 atom stereocenters. The number of likely N-dealkylation sites (N-methyl/N-ethyl adjacent to an activating group) is 1. The molecule has 3 aromatic rings. The molecule has 0 unspecified atom stereocenters. The summed E-state index contributed by atoms with van der Waals surface area (Å²) in [6.07, 6.45) is 1.40. The van der Waals surface area contributed by atoms with Gasteiger partial charge in [0.25, 0.3) is 5.91 Å². The molecule has 2 amide bonds. The van der Waals surface area contributed by atoms with Crippen LogP contribution in [0.5, 0.6) is 0 Å². The highest BCUT2D eigenvalue weighted by atomic mass is 16.3. The predicted octanol–water partition coefficient (Wildman–Crippen LogP) is 1.16. The second-order valence-corrected chi connectivity index (χ2v) is 5.03. The Morgan fingerprint density at radius 3 is 2.74 bits per heavy atom. The summed E-state index contributed by atoms with van der Waals surface area (Å²) >= 11 is 0. The third kappa shape index (κ3) is 3.15. The van der Waals surface area contributed by atoms with Crippen LogP contribution in [-0.4, -0.2) is 40.3 Å². The number of aromatic amines is 2. The molecule has 8 heteroatoms. The molecule has 1 aromatic carbocycles. The van der Waals surface area contributed by atoms with E-state index in [2.05, 4.69) is 15.3 Å². The van der Waals surface area contributed by atoms with Gasteiger partial charge in [-0.25, -0.2) is 4.79 Å². The van der Waals surface area contributed by atoms with Crippen molar-refractivity contribution in [3.8, 4) is 0 Å². The number of anilines is 1. The van der Waals surface area contributed by atoms with Crippen molar-refractivity contribution < 1.29 is 14.0 Å². The molecule has 0 saturated carbocycles. The smallest absolute Gasteiger partial charge is 0.323 e. The van der Waals surface area contributed by atoms with Gasteiger partial charge in [0.1, 0.15) is 0 Å². The summed E-state index contributed by atoms with van der Waals surface area (Å²) in [5.41, 5.74) is 1.45. The van der Waals surface area contributed by atoms with Crippen molar-refractivity contribution in [1.29, 1.82) is 0 Å². The minimum atomic E-state index is -0.379. The van der Waals surface area contributed by atoms with Crippen molar-refractivity contribution in [2.24, 2.45) is 0 Å². The Bertz CT molecular complexity index is 907. The summed E-state index contributed by atoms with van der Waals surface area (Å²) in [4.78, 5) is 41.7. The Hall–Kier alpha value is -3.29. The summed E-state index contributed by atoms with van der Waals surface area (Å²) in [6, 6.07) is 8.12. The fraction of sp³-hybridized carbons (Fsp3) is 0.133. The fourth-order valence-electron chi connectivity index (χ4n) is 2.19. The van der Waals surface area contributed by atoms with E-state index < -0.39 is 0 Å². The molecule has 118 valence electrons. The van der Waals surface area contributed by atoms with Gasteiger partial charge in [-0.3, -0.25) is 9.59 Å². The number of carbonyl (C=O) groups excluding carboxylic acids is 2. The molecule has 0 saturated heterocycles. The first-order valence-electron chi connectivity index (χ1n) is 6.84. The highest BCUT2D eigenvalue weighted by Gasteiger charge is 2.17. The van der Waals surface area contributed by atoms with Crippen molar-refractivity contribution >= 4 is 28.5 Å². The van der Waals surface area contributed by atoms with Crippen LogP contribution in [0.1, 0.15) is 10.6 Å². The van der Waals surface area contributed by atoms with Crippen LogP contribution in [0.2, 0.25) is 0 Å². The zero-order chi connectivity index (χ0) is 16.4. The van der Waals surface area contributed by atoms with Crippen LogP contribution in [0, 0.1) is 0 Å². The molecule has 3 rings (SSSR count). The molecular weight excluding hydrogens is 300 g/mol. The SMILES string of the molecule is CN(CC(=O)Nc1ccc2[nH]c(=O)[nH]c2c1)C(=O)c1ccco1. The van der Waals surface area contributed by atoms with Crippen molar-refractivity contribution in [2.45, 2.75) is 0 Å². The lowest BCUT2D eigenvalue weighted by atomic mass is 10.2. The fourth-order valence-corrected chi connectivity index (χ4v) is 2.19. The van der Waals surface area contributed by atoms with Gasteiger partial charge in [0.2, 0.25) is 5.91 Å². The van der Waals surface area contributed by atoms with Gasteiger partial charge in [0.05, 0.1) is 23.8 Å². The van der Waals surface area contributed by atoms with E-state index in [0.29, 0.717) is 16.7 Å². The van der Waals surface area contributed by atoms with Gasteiger partial charge in [-0.05, 0) is 30.3 Å². The van der Waals surface area contributed by atoms with Gasteiger partial charge in [0, 0.05) is 12.7 Å². The Labute approximate surface area is 130 Å². The maximum Gasteiger partial charge on any atom is 0.323 e. The van der Waals surface area contributed by atoms with E-state index in [1.807, 2.05) is 0 Å². The molecule has 2 aromatic heterocycles. The Balaban J connectivity index is 1.65. The van der Waals surface area contributed by atoms with E-state index >= 15 is 0 Å².